The number of aryl methyl sites for hydroxylation is 2. The van der Waals surface area contributed by atoms with Gasteiger partial charge in [-0.05, 0) is 63.3 Å². The molecule has 2 N–H and O–H groups in total. The minimum Gasteiger partial charge on any atom is -0.490 e. The smallest absolute Gasteiger partial charge is 0.409 e. The summed E-state index contributed by atoms with van der Waals surface area (Å²) in [5, 5.41) is 21.6. The number of aliphatic hydroxyl groups excluding tert-OH is 1. The van der Waals surface area contributed by atoms with E-state index >= 15 is 0 Å². The largest absolute Gasteiger partial charge is 0.490 e. The summed E-state index contributed by atoms with van der Waals surface area (Å²) < 4.78 is 11.0. The summed E-state index contributed by atoms with van der Waals surface area (Å²) in [7, 11) is 0. The van der Waals surface area contributed by atoms with Gasteiger partial charge in [-0.2, -0.15) is 0 Å². The van der Waals surface area contributed by atoms with Crippen LogP contribution in [0.5, 0.6) is 5.75 Å². The van der Waals surface area contributed by atoms with Crippen molar-refractivity contribution in [2.45, 2.75) is 57.8 Å². The normalized spacial score (nSPS) is 26.4. The van der Waals surface area contributed by atoms with E-state index in [1.54, 1.807) is 4.90 Å². The monoisotopic (exact) mass is 406 g/mol. The van der Waals surface area contributed by atoms with Crippen LogP contribution in [-0.4, -0.2) is 83.2 Å². The number of carbonyl (C=O) groups is 1. The second kappa shape index (κ2) is 9.32. The number of nitrogens with zero attached hydrogens (tertiary/aromatic N) is 2. The molecule has 1 aromatic carbocycles. The molecule has 7 heteroatoms. The minimum absolute atomic E-state index is 0.0508. The first-order chi connectivity index (χ1) is 13.8. The van der Waals surface area contributed by atoms with E-state index in [9.17, 15) is 15.0 Å². The van der Waals surface area contributed by atoms with Crippen molar-refractivity contribution in [2.24, 2.45) is 0 Å². The van der Waals surface area contributed by atoms with Crippen LogP contribution in [0.2, 0.25) is 0 Å². The lowest BCUT2D eigenvalue weighted by molar-refractivity contribution is -0.147. The van der Waals surface area contributed by atoms with Gasteiger partial charge in [0.25, 0.3) is 0 Å². The number of amides is 1. The summed E-state index contributed by atoms with van der Waals surface area (Å²) in [5.41, 5.74) is 0.895. The van der Waals surface area contributed by atoms with Crippen molar-refractivity contribution in [1.29, 1.82) is 0 Å². The van der Waals surface area contributed by atoms with E-state index in [0.717, 1.165) is 30.5 Å². The highest BCUT2D eigenvalue weighted by molar-refractivity contribution is 5.67. The number of benzene rings is 1. The van der Waals surface area contributed by atoms with Crippen LogP contribution in [-0.2, 0) is 4.74 Å². The van der Waals surface area contributed by atoms with Gasteiger partial charge in [-0.3, -0.25) is 4.90 Å². The molecule has 0 aliphatic carbocycles. The Labute approximate surface area is 173 Å². The zero-order valence-electron chi connectivity index (χ0n) is 17.8. The molecule has 162 valence electrons. The van der Waals surface area contributed by atoms with Gasteiger partial charge < -0.3 is 24.6 Å². The van der Waals surface area contributed by atoms with Crippen LogP contribution >= 0.6 is 0 Å². The highest BCUT2D eigenvalue weighted by atomic mass is 16.6. The average Bonchev–Trinajstić information content (AvgIpc) is 2.68. The lowest BCUT2D eigenvalue weighted by atomic mass is 9.88. The maximum absolute atomic E-state index is 11.9. The lowest BCUT2D eigenvalue weighted by Gasteiger charge is -2.47. The molecule has 0 aromatic heterocycles. The Kier molecular flexibility index (Phi) is 7.03. The molecule has 0 spiro atoms. The van der Waals surface area contributed by atoms with Crippen molar-refractivity contribution < 1.29 is 24.5 Å². The van der Waals surface area contributed by atoms with Crippen molar-refractivity contribution in [3.05, 3.63) is 29.3 Å². The molecule has 2 heterocycles. The fourth-order valence-electron chi connectivity index (χ4n) is 4.40. The third-order valence-electron chi connectivity index (χ3n) is 5.98. The van der Waals surface area contributed by atoms with Crippen LogP contribution in [0.4, 0.5) is 4.79 Å². The van der Waals surface area contributed by atoms with Gasteiger partial charge in [0.05, 0.1) is 12.7 Å². The molecule has 2 aliphatic rings. The summed E-state index contributed by atoms with van der Waals surface area (Å²) in [5.74, 6) is 0.711. The fraction of sp³-hybridized carbons (Fsp3) is 0.682. The van der Waals surface area contributed by atoms with Gasteiger partial charge in [-0.15, -0.1) is 0 Å². The topological polar surface area (TPSA) is 82.5 Å². The third kappa shape index (κ3) is 5.41. The number of piperidine rings is 2. The van der Waals surface area contributed by atoms with E-state index in [1.807, 2.05) is 32.9 Å². The van der Waals surface area contributed by atoms with E-state index in [0.29, 0.717) is 38.4 Å². The van der Waals surface area contributed by atoms with Crippen molar-refractivity contribution in [3.8, 4) is 5.75 Å². The number of hydrogen-bond donors (Lipinski definition) is 2. The molecule has 0 bridgehead atoms. The van der Waals surface area contributed by atoms with Gasteiger partial charge in [0.15, 0.2) is 0 Å². The Balaban J connectivity index is 1.57. The summed E-state index contributed by atoms with van der Waals surface area (Å²) in [4.78, 5) is 15.9. The zero-order chi connectivity index (χ0) is 21.0. The van der Waals surface area contributed by atoms with E-state index in [-0.39, 0.29) is 18.7 Å². The number of ether oxygens (including phenoxy) is 2. The number of aliphatic hydroxyl groups is 2. The Morgan fingerprint density at radius 1 is 1.14 bits per heavy atom. The van der Waals surface area contributed by atoms with Gasteiger partial charge in [0.1, 0.15) is 18.0 Å². The first-order valence-electron chi connectivity index (χ1n) is 10.6. The molecule has 29 heavy (non-hydrogen) atoms. The SMILES string of the molecule is CCOC(=O)N1CCC(N2CC[C@H](O)[C@@](O)(COc3cc(C)cc(C)c3)C2)CC1. The standard InChI is InChI=1S/C22H34N2O5/c1-4-28-21(26)23-8-5-18(6-9-23)24-10-7-20(25)22(27,14-24)15-29-19-12-16(2)11-17(3)13-19/h11-13,18,20,25,27H,4-10,14-15H2,1-3H3/t20-,22-/m0/s1. The van der Waals surface area contributed by atoms with E-state index in [4.69, 9.17) is 9.47 Å². The van der Waals surface area contributed by atoms with Crippen LogP contribution in [0.25, 0.3) is 0 Å². The van der Waals surface area contributed by atoms with Crippen LogP contribution in [0.1, 0.15) is 37.3 Å². The van der Waals surface area contributed by atoms with E-state index < -0.39 is 11.7 Å². The van der Waals surface area contributed by atoms with Crippen molar-refractivity contribution in [1.82, 2.24) is 9.80 Å². The second-order valence-corrected chi connectivity index (χ2v) is 8.41. The van der Waals surface area contributed by atoms with Gasteiger partial charge in [-0.25, -0.2) is 4.79 Å². The molecule has 2 fully saturated rings. The molecular formula is C22H34N2O5. The molecule has 0 radical (unpaired) electrons. The van der Waals surface area contributed by atoms with Crippen LogP contribution in [0.3, 0.4) is 0 Å². The van der Waals surface area contributed by atoms with E-state index in [1.165, 1.54) is 0 Å². The molecule has 0 unspecified atom stereocenters. The minimum atomic E-state index is -1.31. The number of rotatable bonds is 5. The van der Waals surface area contributed by atoms with E-state index in [2.05, 4.69) is 11.0 Å². The first-order valence-corrected chi connectivity index (χ1v) is 10.6. The Morgan fingerprint density at radius 3 is 2.41 bits per heavy atom. The van der Waals surface area contributed by atoms with Crippen molar-refractivity contribution >= 4 is 6.09 Å². The lowest BCUT2D eigenvalue weighted by Crippen LogP contribution is -2.62. The molecular weight excluding hydrogens is 372 g/mol. The number of β-amino-alcohol motifs (C(OH)–C–C–N with tert-alkyl or cyclic N) is 1. The van der Waals surface area contributed by atoms with Gasteiger partial charge >= 0.3 is 6.09 Å². The molecule has 3 rings (SSSR count). The van der Waals surface area contributed by atoms with Crippen LogP contribution in [0, 0.1) is 13.8 Å². The highest BCUT2D eigenvalue weighted by Gasteiger charge is 2.44. The third-order valence-corrected chi connectivity index (χ3v) is 5.98. The predicted molar refractivity (Wildman–Crippen MR) is 110 cm³/mol. The molecule has 1 amide bonds. The summed E-state index contributed by atoms with van der Waals surface area (Å²) >= 11 is 0. The number of likely N-dealkylation sites (tertiary alicyclic amines) is 2. The summed E-state index contributed by atoms with van der Waals surface area (Å²) in [6, 6.07) is 6.23. The zero-order valence-corrected chi connectivity index (χ0v) is 17.8. The second-order valence-electron chi connectivity index (χ2n) is 8.41. The molecule has 7 nitrogen and oxygen atoms in total. The average molecular weight is 407 g/mol. The van der Waals surface area contributed by atoms with Crippen LogP contribution in [0.15, 0.2) is 18.2 Å². The predicted octanol–water partition coefficient (Wildman–Crippen LogP) is 2.10. The maximum atomic E-state index is 11.9. The van der Waals surface area contributed by atoms with Crippen LogP contribution < -0.4 is 4.74 Å². The van der Waals surface area contributed by atoms with Crippen molar-refractivity contribution in [2.75, 3.05) is 39.4 Å². The van der Waals surface area contributed by atoms with Gasteiger partial charge in [0.2, 0.25) is 0 Å². The number of carbonyl (C=O) groups excluding carboxylic acids is 1. The summed E-state index contributed by atoms with van der Waals surface area (Å²) in [6.45, 7) is 8.67. The molecule has 1 aromatic rings. The van der Waals surface area contributed by atoms with Gasteiger partial charge in [0, 0.05) is 32.2 Å². The Hall–Kier alpha value is -1.83. The summed E-state index contributed by atoms with van der Waals surface area (Å²) in [6.07, 6.45) is 1.11. The Bertz CT molecular complexity index is 684. The molecule has 2 saturated heterocycles. The molecule has 2 aliphatic heterocycles. The number of hydrogen-bond acceptors (Lipinski definition) is 6. The Morgan fingerprint density at radius 2 is 1.79 bits per heavy atom. The highest BCUT2D eigenvalue weighted by Crippen LogP contribution is 2.28. The van der Waals surface area contributed by atoms with Crippen molar-refractivity contribution in [3.63, 3.8) is 0 Å². The quantitative estimate of drug-likeness (QED) is 0.779. The molecule has 2 atom stereocenters. The molecule has 0 saturated carbocycles. The first kappa shape index (κ1) is 21.9. The van der Waals surface area contributed by atoms with Gasteiger partial charge in [-0.1, -0.05) is 6.07 Å². The fourth-order valence-corrected chi connectivity index (χ4v) is 4.40. The maximum Gasteiger partial charge on any atom is 0.409 e.